The molecule has 25 heavy (non-hydrogen) atoms. The van der Waals surface area contributed by atoms with Gasteiger partial charge in [-0.05, 0) is 24.3 Å². The average molecular weight is 346 g/mol. The van der Waals surface area contributed by atoms with Gasteiger partial charge in [-0.25, -0.2) is 4.39 Å². The molecule has 132 valence electrons. The van der Waals surface area contributed by atoms with Crippen molar-refractivity contribution < 1.29 is 23.3 Å². The minimum Gasteiger partial charge on any atom is -0.459 e. The van der Waals surface area contributed by atoms with Crippen LogP contribution in [0.25, 0.3) is 0 Å². The Morgan fingerprint density at radius 1 is 1.16 bits per heavy atom. The van der Waals surface area contributed by atoms with Gasteiger partial charge in [0.25, 0.3) is 11.8 Å². The van der Waals surface area contributed by atoms with Gasteiger partial charge >= 0.3 is 0 Å². The molecule has 1 aliphatic rings. The molecule has 0 saturated carbocycles. The summed E-state index contributed by atoms with van der Waals surface area (Å²) < 4.78 is 18.6. The van der Waals surface area contributed by atoms with E-state index in [1.54, 1.807) is 30.3 Å². The molecule has 1 aliphatic heterocycles. The van der Waals surface area contributed by atoms with Gasteiger partial charge in [0.2, 0.25) is 0 Å². The molecule has 7 heteroatoms. The van der Waals surface area contributed by atoms with Gasteiger partial charge in [0.1, 0.15) is 5.82 Å². The number of hydrogen-bond donors (Lipinski definition) is 3. The van der Waals surface area contributed by atoms with Crippen molar-refractivity contribution in [2.45, 2.75) is 18.9 Å². The van der Waals surface area contributed by atoms with Gasteiger partial charge in [0.15, 0.2) is 12.3 Å². The van der Waals surface area contributed by atoms with Crippen LogP contribution in [0.15, 0.2) is 47.1 Å². The van der Waals surface area contributed by atoms with E-state index in [1.165, 1.54) is 12.3 Å². The third-order valence-corrected chi connectivity index (χ3v) is 4.33. The molecule has 1 aromatic heterocycles. The second-order valence-corrected chi connectivity index (χ2v) is 6.18. The van der Waals surface area contributed by atoms with Gasteiger partial charge in [-0.3, -0.25) is 9.59 Å². The first-order chi connectivity index (χ1) is 12.1. The predicted molar refractivity (Wildman–Crippen MR) is 89.8 cm³/mol. The van der Waals surface area contributed by atoms with E-state index in [9.17, 15) is 14.0 Å². The molecule has 3 N–H and O–H groups in total. The SMILES string of the molecule is O=C(C[NH+]1CCC(NC(=O)c2ccco2)CC1)Nc1ccccc1F. The highest BCUT2D eigenvalue weighted by atomic mass is 19.1. The van der Waals surface area contributed by atoms with Crippen LogP contribution in [0.1, 0.15) is 23.4 Å². The molecule has 1 fully saturated rings. The molecular formula is C18H21FN3O3+. The first-order valence-corrected chi connectivity index (χ1v) is 8.34. The van der Waals surface area contributed by atoms with Crippen molar-refractivity contribution in [1.82, 2.24) is 5.32 Å². The van der Waals surface area contributed by atoms with Gasteiger partial charge in [0, 0.05) is 18.9 Å². The number of likely N-dealkylation sites (tertiary alicyclic amines) is 1. The zero-order valence-corrected chi connectivity index (χ0v) is 13.8. The Morgan fingerprint density at radius 2 is 1.92 bits per heavy atom. The Hall–Kier alpha value is -2.67. The van der Waals surface area contributed by atoms with Crippen molar-refractivity contribution in [3.8, 4) is 0 Å². The predicted octanol–water partition coefficient (Wildman–Crippen LogP) is 0.834. The summed E-state index contributed by atoms with van der Waals surface area (Å²) in [5.74, 6) is -0.557. The number of carbonyl (C=O) groups excluding carboxylic acids is 2. The van der Waals surface area contributed by atoms with E-state index in [2.05, 4.69) is 10.6 Å². The van der Waals surface area contributed by atoms with Crippen molar-refractivity contribution in [1.29, 1.82) is 0 Å². The van der Waals surface area contributed by atoms with Crippen LogP contribution in [-0.4, -0.2) is 37.5 Å². The second kappa shape index (κ2) is 7.94. The number of hydrogen-bond acceptors (Lipinski definition) is 3. The van der Waals surface area contributed by atoms with E-state index < -0.39 is 5.82 Å². The first kappa shape index (κ1) is 17.2. The molecule has 2 aromatic rings. The molecule has 6 nitrogen and oxygen atoms in total. The van der Waals surface area contributed by atoms with Gasteiger partial charge < -0.3 is 20.0 Å². The Balaban J connectivity index is 1.42. The molecule has 2 amide bonds. The Bertz CT molecular complexity index is 725. The minimum absolute atomic E-state index is 0.0796. The van der Waals surface area contributed by atoms with Gasteiger partial charge in [0.05, 0.1) is 25.0 Å². The monoisotopic (exact) mass is 346 g/mol. The number of rotatable bonds is 5. The quantitative estimate of drug-likeness (QED) is 0.751. The fourth-order valence-electron chi connectivity index (χ4n) is 3.00. The van der Waals surface area contributed by atoms with E-state index >= 15 is 0 Å². The maximum absolute atomic E-state index is 13.5. The zero-order valence-electron chi connectivity index (χ0n) is 13.8. The van der Waals surface area contributed by atoms with Crippen LogP contribution in [0, 0.1) is 5.82 Å². The molecule has 2 heterocycles. The molecule has 0 radical (unpaired) electrons. The number of halogens is 1. The van der Waals surface area contributed by atoms with Crippen LogP contribution in [0.4, 0.5) is 10.1 Å². The molecule has 0 spiro atoms. The fourth-order valence-corrected chi connectivity index (χ4v) is 3.00. The maximum atomic E-state index is 13.5. The third-order valence-electron chi connectivity index (χ3n) is 4.33. The van der Waals surface area contributed by atoms with Crippen LogP contribution < -0.4 is 15.5 Å². The normalized spacial score (nSPS) is 20.0. The minimum atomic E-state index is -0.440. The first-order valence-electron chi connectivity index (χ1n) is 8.34. The lowest BCUT2D eigenvalue weighted by atomic mass is 10.0. The van der Waals surface area contributed by atoms with Gasteiger partial charge in [-0.15, -0.1) is 0 Å². The Morgan fingerprint density at radius 3 is 2.60 bits per heavy atom. The second-order valence-electron chi connectivity index (χ2n) is 6.18. The van der Waals surface area contributed by atoms with Crippen LogP contribution in [0.3, 0.4) is 0 Å². The summed E-state index contributed by atoms with van der Waals surface area (Å²) in [7, 11) is 0. The largest absolute Gasteiger partial charge is 0.459 e. The Labute approximate surface area is 145 Å². The fraction of sp³-hybridized carbons (Fsp3) is 0.333. The van der Waals surface area contributed by atoms with E-state index in [0.29, 0.717) is 5.76 Å². The molecule has 0 bridgehead atoms. The van der Waals surface area contributed by atoms with Crippen molar-refractivity contribution >= 4 is 17.5 Å². The molecule has 3 rings (SSSR count). The third kappa shape index (κ3) is 4.67. The average Bonchev–Trinajstić information content (AvgIpc) is 3.13. The van der Waals surface area contributed by atoms with E-state index in [0.717, 1.165) is 30.8 Å². The topological polar surface area (TPSA) is 75.8 Å². The van der Waals surface area contributed by atoms with Crippen LogP contribution >= 0.6 is 0 Å². The summed E-state index contributed by atoms with van der Waals surface area (Å²) in [4.78, 5) is 25.1. The number of piperidine rings is 1. The number of carbonyl (C=O) groups is 2. The van der Waals surface area contributed by atoms with Crippen molar-refractivity contribution in [2.75, 3.05) is 25.0 Å². The summed E-state index contributed by atoms with van der Waals surface area (Å²) in [5, 5.41) is 5.55. The number of para-hydroxylation sites is 1. The highest BCUT2D eigenvalue weighted by Crippen LogP contribution is 2.11. The summed E-state index contributed by atoms with van der Waals surface area (Å²) in [5.41, 5.74) is 0.201. The van der Waals surface area contributed by atoms with E-state index in [1.807, 2.05) is 0 Å². The number of furan rings is 1. The number of benzene rings is 1. The molecule has 0 aliphatic carbocycles. The number of nitrogens with one attached hydrogen (secondary N) is 3. The molecule has 1 aromatic carbocycles. The lowest BCUT2D eigenvalue weighted by molar-refractivity contribution is -0.897. The standard InChI is InChI=1S/C18H20FN3O3/c19-14-4-1-2-5-15(14)21-17(23)12-22-9-7-13(8-10-22)20-18(24)16-6-3-11-25-16/h1-6,11,13H,7-10,12H2,(H,20,24)(H,21,23)/p+1. The van der Waals surface area contributed by atoms with Crippen LogP contribution in [0.2, 0.25) is 0 Å². The molecular weight excluding hydrogens is 325 g/mol. The molecule has 1 saturated heterocycles. The van der Waals surface area contributed by atoms with E-state index in [-0.39, 0.29) is 30.1 Å². The smallest absolute Gasteiger partial charge is 0.287 e. The zero-order chi connectivity index (χ0) is 17.6. The summed E-state index contributed by atoms with van der Waals surface area (Å²) in [6, 6.07) is 9.50. The molecule has 0 unspecified atom stereocenters. The summed E-state index contributed by atoms with van der Waals surface area (Å²) in [6.45, 7) is 1.83. The summed E-state index contributed by atoms with van der Waals surface area (Å²) >= 11 is 0. The number of anilines is 1. The molecule has 0 atom stereocenters. The highest BCUT2D eigenvalue weighted by Gasteiger charge is 2.26. The number of amides is 2. The number of quaternary nitrogens is 1. The highest BCUT2D eigenvalue weighted by molar-refractivity contribution is 5.92. The van der Waals surface area contributed by atoms with Crippen LogP contribution in [-0.2, 0) is 4.79 Å². The lowest BCUT2D eigenvalue weighted by Gasteiger charge is -2.29. The van der Waals surface area contributed by atoms with Crippen molar-refractivity contribution in [2.24, 2.45) is 0 Å². The van der Waals surface area contributed by atoms with E-state index in [4.69, 9.17) is 4.42 Å². The Kier molecular flexibility index (Phi) is 5.45. The maximum Gasteiger partial charge on any atom is 0.287 e. The van der Waals surface area contributed by atoms with Gasteiger partial charge in [-0.1, -0.05) is 12.1 Å². The van der Waals surface area contributed by atoms with Crippen molar-refractivity contribution in [3.63, 3.8) is 0 Å². The lowest BCUT2D eigenvalue weighted by Crippen LogP contribution is -3.14. The van der Waals surface area contributed by atoms with Crippen LogP contribution in [0.5, 0.6) is 0 Å². The van der Waals surface area contributed by atoms with Gasteiger partial charge in [-0.2, -0.15) is 0 Å². The van der Waals surface area contributed by atoms with Crippen molar-refractivity contribution in [3.05, 3.63) is 54.2 Å². The summed E-state index contributed by atoms with van der Waals surface area (Å²) in [6.07, 6.45) is 3.04.